The van der Waals surface area contributed by atoms with E-state index in [0.717, 1.165) is 20.8 Å². The molecule has 0 aliphatic rings. The van der Waals surface area contributed by atoms with Crippen LogP contribution in [-0.4, -0.2) is 11.5 Å². The molecule has 2 nitrogen and oxygen atoms in total. The molecule has 2 N–H and O–H groups in total. The van der Waals surface area contributed by atoms with Gasteiger partial charge in [0.15, 0.2) is 0 Å². The van der Waals surface area contributed by atoms with Crippen LogP contribution in [-0.2, 0) is 5.75 Å². The molecule has 2 aromatic rings. The quantitative estimate of drug-likeness (QED) is 0.691. The summed E-state index contributed by atoms with van der Waals surface area (Å²) in [5.41, 5.74) is 7.61. The first-order valence-electron chi connectivity index (χ1n) is 5.80. The van der Waals surface area contributed by atoms with Gasteiger partial charge in [0.1, 0.15) is 0 Å². The van der Waals surface area contributed by atoms with E-state index in [1.807, 2.05) is 30.5 Å². The number of hydrogen-bond donors (Lipinski definition) is 1. The minimum Gasteiger partial charge on any atom is -0.320 e. The van der Waals surface area contributed by atoms with E-state index >= 15 is 0 Å². The van der Waals surface area contributed by atoms with E-state index in [0.29, 0.717) is 6.54 Å². The van der Waals surface area contributed by atoms with Gasteiger partial charge in [-0.3, -0.25) is 0 Å². The lowest BCUT2D eigenvalue weighted by atomic mass is 10.1. The fraction of sp³-hybridized carbons (Fsp3) is 0.133. The molecule has 1 aromatic carbocycles. The second-order valence-corrected chi connectivity index (χ2v) is 5.72. The summed E-state index contributed by atoms with van der Waals surface area (Å²) < 4.78 is 0.996. The van der Waals surface area contributed by atoms with E-state index in [9.17, 15) is 0 Å². The zero-order valence-electron chi connectivity index (χ0n) is 10.3. The Bertz CT molecular complexity index is 600. The Labute approximate surface area is 125 Å². The summed E-state index contributed by atoms with van der Waals surface area (Å²) in [6.07, 6.45) is 1.81. The topological polar surface area (TPSA) is 38.9 Å². The van der Waals surface area contributed by atoms with Gasteiger partial charge in [-0.2, -0.15) is 0 Å². The minimum absolute atomic E-state index is 0.391. The molecule has 0 bridgehead atoms. The number of pyridine rings is 1. The predicted octanol–water partition coefficient (Wildman–Crippen LogP) is 3.45. The Kier molecular flexibility index (Phi) is 5.46. The number of hydrogen-bond acceptors (Lipinski definition) is 3. The van der Waals surface area contributed by atoms with E-state index in [1.165, 1.54) is 5.56 Å². The van der Waals surface area contributed by atoms with Gasteiger partial charge in [0.2, 0.25) is 0 Å². The Morgan fingerprint density at radius 3 is 2.89 bits per heavy atom. The molecule has 0 amide bonds. The van der Waals surface area contributed by atoms with Crippen LogP contribution in [0, 0.1) is 11.8 Å². The number of aromatic nitrogens is 1. The van der Waals surface area contributed by atoms with Crippen molar-refractivity contribution in [1.82, 2.24) is 4.98 Å². The molecule has 0 unspecified atom stereocenters. The van der Waals surface area contributed by atoms with Gasteiger partial charge >= 0.3 is 0 Å². The third kappa shape index (κ3) is 4.71. The van der Waals surface area contributed by atoms with Crippen LogP contribution < -0.4 is 5.73 Å². The number of halogens is 1. The second-order valence-electron chi connectivity index (χ2n) is 3.81. The lowest BCUT2D eigenvalue weighted by Gasteiger charge is -2.02. The van der Waals surface area contributed by atoms with Gasteiger partial charge in [0, 0.05) is 22.0 Å². The number of thioether (sulfide) groups is 1. The van der Waals surface area contributed by atoms with Gasteiger partial charge in [-0.1, -0.05) is 24.0 Å². The van der Waals surface area contributed by atoms with E-state index in [1.54, 1.807) is 11.8 Å². The van der Waals surface area contributed by atoms with Crippen molar-refractivity contribution in [2.45, 2.75) is 10.8 Å². The third-order valence-electron chi connectivity index (χ3n) is 2.35. The fourth-order valence-corrected chi connectivity index (χ4v) is 2.52. The maximum atomic E-state index is 5.37. The maximum Gasteiger partial charge on any atom is 0.0963 e. The number of rotatable bonds is 3. The first-order valence-corrected chi connectivity index (χ1v) is 7.58. The van der Waals surface area contributed by atoms with Crippen LogP contribution in [0.1, 0.15) is 11.1 Å². The molecule has 96 valence electrons. The van der Waals surface area contributed by atoms with Crippen molar-refractivity contribution in [1.29, 1.82) is 0 Å². The van der Waals surface area contributed by atoms with Gasteiger partial charge in [-0.15, -0.1) is 11.8 Å². The zero-order valence-corrected chi connectivity index (χ0v) is 12.7. The Balaban J connectivity index is 2.01. The molecular weight excluding hydrogens is 320 g/mol. The first kappa shape index (κ1) is 14.1. The summed E-state index contributed by atoms with van der Waals surface area (Å²) in [5, 5.41) is 1.02. The summed E-state index contributed by atoms with van der Waals surface area (Å²) >= 11 is 5.09. The van der Waals surface area contributed by atoms with Crippen molar-refractivity contribution in [2.24, 2.45) is 5.73 Å². The highest BCUT2D eigenvalue weighted by atomic mass is 79.9. The molecule has 0 saturated heterocycles. The van der Waals surface area contributed by atoms with Gasteiger partial charge in [-0.05, 0) is 45.8 Å². The van der Waals surface area contributed by atoms with Gasteiger partial charge in [-0.25, -0.2) is 4.98 Å². The van der Waals surface area contributed by atoms with E-state index in [-0.39, 0.29) is 0 Å². The molecule has 19 heavy (non-hydrogen) atoms. The van der Waals surface area contributed by atoms with Crippen molar-refractivity contribution >= 4 is 27.7 Å². The number of benzene rings is 1. The van der Waals surface area contributed by atoms with Gasteiger partial charge < -0.3 is 5.73 Å². The molecule has 0 spiro atoms. The summed E-state index contributed by atoms with van der Waals surface area (Å²) in [7, 11) is 0. The third-order valence-corrected chi connectivity index (χ3v) is 3.83. The molecule has 0 fully saturated rings. The van der Waals surface area contributed by atoms with Crippen LogP contribution in [0.4, 0.5) is 0 Å². The van der Waals surface area contributed by atoms with Crippen molar-refractivity contribution in [2.75, 3.05) is 6.54 Å². The molecule has 0 saturated carbocycles. The van der Waals surface area contributed by atoms with Crippen molar-refractivity contribution in [3.8, 4) is 11.8 Å². The molecule has 1 heterocycles. The summed E-state index contributed by atoms with van der Waals surface area (Å²) in [6.45, 7) is 0.391. The van der Waals surface area contributed by atoms with Crippen molar-refractivity contribution in [3.05, 3.63) is 58.2 Å². The standard InChI is InChI=1S/C15H13BrN2S/c16-14-6-7-15(18-10-14)19-11-13-4-1-3-12(9-13)5-2-8-17/h1,3-4,6-7,9-10H,8,11,17H2. The molecule has 2 rings (SSSR count). The van der Waals surface area contributed by atoms with E-state index in [4.69, 9.17) is 5.73 Å². The average molecular weight is 333 g/mol. The monoisotopic (exact) mass is 332 g/mol. The maximum absolute atomic E-state index is 5.37. The fourth-order valence-electron chi connectivity index (χ4n) is 1.50. The number of nitrogens with zero attached hydrogens (tertiary/aromatic N) is 1. The Morgan fingerprint density at radius 2 is 2.16 bits per heavy atom. The molecule has 4 heteroatoms. The molecule has 0 atom stereocenters. The molecule has 0 radical (unpaired) electrons. The van der Waals surface area contributed by atoms with Crippen LogP contribution in [0.3, 0.4) is 0 Å². The summed E-state index contributed by atoms with van der Waals surface area (Å²) in [6, 6.07) is 12.2. The van der Waals surface area contributed by atoms with Crippen LogP contribution >= 0.6 is 27.7 Å². The highest BCUT2D eigenvalue weighted by Gasteiger charge is 1.98. The Morgan fingerprint density at radius 1 is 1.26 bits per heavy atom. The minimum atomic E-state index is 0.391. The largest absolute Gasteiger partial charge is 0.320 e. The SMILES string of the molecule is NCC#Cc1cccc(CSc2ccc(Br)cn2)c1. The van der Waals surface area contributed by atoms with Crippen LogP contribution in [0.25, 0.3) is 0 Å². The summed E-state index contributed by atoms with van der Waals surface area (Å²) in [4.78, 5) is 4.34. The first-order chi connectivity index (χ1) is 9.28. The van der Waals surface area contributed by atoms with E-state index in [2.05, 4.69) is 44.9 Å². The molecular formula is C15H13BrN2S. The smallest absolute Gasteiger partial charge is 0.0963 e. The zero-order chi connectivity index (χ0) is 13.5. The van der Waals surface area contributed by atoms with E-state index < -0.39 is 0 Å². The van der Waals surface area contributed by atoms with Crippen LogP contribution in [0.15, 0.2) is 52.1 Å². The number of nitrogens with two attached hydrogens (primary N) is 1. The van der Waals surface area contributed by atoms with Crippen LogP contribution in [0.2, 0.25) is 0 Å². The van der Waals surface area contributed by atoms with Gasteiger partial charge in [0.25, 0.3) is 0 Å². The molecule has 1 aromatic heterocycles. The van der Waals surface area contributed by atoms with Crippen molar-refractivity contribution in [3.63, 3.8) is 0 Å². The predicted molar refractivity (Wildman–Crippen MR) is 83.9 cm³/mol. The van der Waals surface area contributed by atoms with Gasteiger partial charge in [0.05, 0.1) is 11.6 Å². The van der Waals surface area contributed by atoms with Crippen molar-refractivity contribution < 1.29 is 0 Å². The van der Waals surface area contributed by atoms with Crippen LogP contribution in [0.5, 0.6) is 0 Å². The lowest BCUT2D eigenvalue weighted by molar-refractivity contribution is 1.12. The lowest BCUT2D eigenvalue weighted by Crippen LogP contribution is -1.93. The highest BCUT2D eigenvalue weighted by molar-refractivity contribution is 9.10. The Hall–Kier alpha value is -1.28. The summed E-state index contributed by atoms with van der Waals surface area (Å²) in [5.74, 6) is 6.79. The molecule has 0 aliphatic heterocycles. The normalized spacial score (nSPS) is 9.79. The molecule has 0 aliphatic carbocycles. The second kappa shape index (κ2) is 7.34. The highest BCUT2D eigenvalue weighted by Crippen LogP contribution is 2.22. The average Bonchev–Trinajstić information content (AvgIpc) is 2.45.